The zero-order valence-electron chi connectivity index (χ0n) is 10.8. The normalized spacial score (nSPS) is 22.2. The molecule has 0 bridgehead atoms. The van der Waals surface area contributed by atoms with E-state index in [1.165, 1.54) is 5.56 Å². The molecule has 18 heavy (non-hydrogen) atoms. The summed E-state index contributed by atoms with van der Waals surface area (Å²) in [4.78, 5) is 8.41. The van der Waals surface area contributed by atoms with E-state index in [1.807, 2.05) is 6.20 Å². The lowest BCUT2D eigenvalue weighted by molar-refractivity contribution is 0.684. The minimum Gasteiger partial charge on any atom is -0.367 e. The van der Waals surface area contributed by atoms with Crippen molar-refractivity contribution in [3.8, 4) is 0 Å². The van der Waals surface area contributed by atoms with Crippen LogP contribution in [0.15, 0.2) is 12.5 Å². The number of nitrogens with one attached hydrogen (secondary N) is 1. The fraction of sp³-hybridized carbons (Fsp3) is 0.667. The van der Waals surface area contributed by atoms with Crippen LogP contribution in [0.3, 0.4) is 0 Å². The maximum atomic E-state index is 5.90. The maximum absolute atomic E-state index is 5.90. The van der Waals surface area contributed by atoms with Crippen LogP contribution < -0.4 is 11.1 Å². The molecule has 1 saturated carbocycles. The van der Waals surface area contributed by atoms with Crippen LogP contribution in [0.25, 0.3) is 0 Å². The molecule has 6 heteroatoms. The zero-order chi connectivity index (χ0) is 11.5. The SMILES string of the molecule is CC(C)c1cncnc1N[C@@H]1CC[C@@H](N)C1.Cl.Cl. The van der Waals surface area contributed by atoms with E-state index in [0.29, 0.717) is 18.0 Å². The minimum absolute atomic E-state index is 0. The number of rotatable bonds is 3. The van der Waals surface area contributed by atoms with E-state index in [1.54, 1.807) is 6.33 Å². The van der Waals surface area contributed by atoms with Crippen molar-refractivity contribution in [3.63, 3.8) is 0 Å². The van der Waals surface area contributed by atoms with Crippen molar-refractivity contribution < 1.29 is 0 Å². The largest absolute Gasteiger partial charge is 0.367 e. The second kappa shape index (κ2) is 7.77. The van der Waals surface area contributed by atoms with Gasteiger partial charge in [0, 0.05) is 23.8 Å². The summed E-state index contributed by atoms with van der Waals surface area (Å²) < 4.78 is 0. The number of nitrogens with two attached hydrogens (primary N) is 1. The number of nitrogens with zero attached hydrogens (tertiary/aromatic N) is 2. The predicted octanol–water partition coefficient (Wildman–Crippen LogP) is 2.74. The summed E-state index contributed by atoms with van der Waals surface area (Å²) in [5.41, 5.74) is 7.09. The van der Waals surface area contributed by atoms with E-state index >= 15 is 0 Å². The fourth-order valence-corrected chi connectivity index (χ4v) is 2.22. The molecular weight excluding hydrogens is 271 g/mol. The minimum atomic E-state index is 0. The second-order valence-electron chi connectivity index (χ2n) is 4.90. The van der Waals surface area contributed by atoms with Gasteiger partial charge < -0.3 is 11.1 Å². The molecule has 4 nitrogen and oxygen atoms in total. The highest BCUT2D eigenvalue weighted by Gasteiger charge is 2.22. The summed E-state index contributed by atoms with van der Waals surface area (Å²) in [5.74, 6) is 1.42. The van der Waals surface area contributed by atoms with Crippen molar-refractivity contribution >= 4 is 30.6 Å². The van der Waals surface area contributed by atoms with Gasteiger partial charge in [-0.25, -0.2) is 9.97 Å². The summed E-state index contributed by atoms with van der Waals surface area (Å²) >= 11 is 0. The van der Waals surface area contributed by atoms with Crippen LogP contribution in [-0.4, -0.2) is 22.1 Å². The third-order valence-electron chi connectivity index (χ3n) is 3.18. The highest BCUT2D eigenvalue weighted by atomic mass is 35.5. The first-order valence-electron chi connectivity index (χ1n) is 5.99. The van der Waals surface area contributed by atoms with Gasteiger partial charge in [-0.3, -0.25) is 0 Å². The topological polar surface area (TPSA) is 63.8 Å². The average molecular weight is 293 g/mol. The lowest BCUT2D eigenvalue weighted by atomic mass is 10.1. The summed E-state index contributed by atoms with van der Waals surface area (Å²) in [6.45, 7) is 4.31. The Morgan fingerprint density at radius 3 is 2.61 bits per heavy atom. The Balaban J connectivity index is 0.00000144. The lowest BCUT2D eigenvalue weighted by Crippen LogP contribution is -2.22. The first-order valence-corrected chi connectivity index (χ1v) is 5.99. The molecule has 2 rings (SSSR count). The molecule has 3 N–H and O–H groups in total. The van der Waals surface area contributed by atoms with Crippen LogP contribution in [-0.2, 0) is 0 Å². The van der Waals surface area contributed by atoms with Crippen molar-refractivity contribution in [3.05, 3.63) is 18.1 Å². The highest BCUT2D eigenvalue weighted by Crippen LogP contribution is 2.25. The van der Waals surface area contributed by atoms with E-state index in [-0.39, 0.29) is 24.8 Å². The Kier molecular flexibility index (Phi) is 7.52. The van der Waals surface area contributed by atoms with Gasteiger partial charge in [-0.2, -0.15) is 0 Å². The quantitative estimate of drug-likeness (QED) is 0.899. The van der Waals surface area contributed by atoms with Gasteiger partial charge in [0.05, 0.1) is 0 Å². The molecular formula is C12H22Cl2N4. The van der Waals surface area contributed by atoms with Crippen molar-refractivity contribution in [2.75, 3.05) is 5.32 Å². The first kappa shape index (κ1) is 17.4. The molecule has 1 heterocycles. The maximum Gasteiger partial charge on any atom is 0.133 e. The molecule has 0 unspecified atom stereocenters. The van der Waals surface area contributed by atoms with E-state index in [0.717, 1.165) is 25.1 Å². The third-order valence-corrected chi connectivity index (χ3v) is 3.18. The van der Waals surface area contributed by atoms with Gasteiger partial charge in [-0.1, -0.05) is 13.8 Å². The highest BCUT2D eigenvalue weighted by molar-refractivity contribution is 5.85. The number of anilines is 1. The average Bonchev–Trinajstić information content (AvgIpc) is 2.64. The summed E-state index contributed by atoms with van der Waals surface area (Å²) in [7, 11) is 0. The molecule has 1 aliphatic carbocycles. The monoisotopic (exact) mass is 292 g/mol. The van der Waals surface area contributed by atoms with Crippen LogP contribution in [0.1, 0.15) is 44.6 Å². The standard InChI is InChI=1S/C12H20N4.2ClH/c1-8(2)11-6-14-7-15-12(11)16-10-4-3-9(13)5-10;;/h6-10H,3-5,13H2,1-2H3,(H,14,15,16);2*1H/t9-,10-;;/m1../s1. The van der Waals surface area contributed by atoms with Crippen LogP contribution in [0.2, 0.25) is 0 Å². The summed E-state index contributed by atoms with van der Waals surface area (Å²) in [6.07, 6.45) is 6.79. The Morgan fingerprint density at radius 2 is 2.06 bits per heavy atom. The Morgan fingerprint density at radius 1 is 1.33 bits per heavy atom. The number of aromatic nitrogens is 2. The molecule has 0 saturated heterocycles. The van der Waals surface area contributed by atoms with Crippen LogP contribution in [0, 0.1) is 0 Å². The van der Waals surface area contributed by atoms with Gasteiger partial charge in [0.2, 0.25) is 0 Å². The van der Waals surface area contributed by atoms with Crippen LogP contribution in [0.4, 0.5) is 5.82 Å². The van der Waals surface area contributed by atoms with Gasteiger partial charge in [-0.05, 0) is 25.2 Å². The molecule has 0 aliphatic heterocycles. The summed E-state index contributed by atoms with van der Waals surface area (Å²) in [6, 6.07) is 0.823. The third kappa shape index (κ3) is 4.26. The lowest BCUT2D eigenvalue weighted by Gasteiger charge is -2.17. The van der Waals surface area contributed by atoms with Gasteiger partial charge in [0.1, 0.15) is 12.1 Å². The van der Waals surface area contributed by atoms with E-state index < -0.39 is 0 Å². The molecule has 1 fully saturated rings. The molecule has 0 spiro atoms. The van der Waals surface area contributed by atoms with Crippen LogP contribution in [0.5, 0.6) is 0 Å². The van der Waals surface area contributed by atoms with Crippen molar-refractivity contribution in [1.82, 2.24) is 9.97 Å². The molecule has 0 amide bonds. The van der Waals surface area contributed by atoms with Crippen molar-refractivity contribution in [2.24, 2.45) is 5.73 Å². The van der Waals surface area contributed by atoms with Gasteiger partial charge in [0.25, 0.3) is 0 Å². The zero-order valence-corrected chi connectivity index (χ0v) is 12.4. The van der Waals surface area contributed by atoms with Crippen LogP contribution >= 0.6 is 24.8 Å². The van der Waals surface area contributed by atoms with E-state index in [2.05, 4.69) is 29.1 Å². The molecule has 1 aliphatic rings. The van der Waals surface area contributed by atoms with Gasteiger partial charge >= 0.3 is 0 Å². The molecule has 0 aromatic carbocycles. The van der Waals surface area contributed by atoms with E-state index in [9.17, 15) is 0 Å². The fourth-order valence-electron chi connectivity index (χ4n) is 2.22. The van der Waals surface area contributed by atoms with Crippen molar-refractivity contribution in [1.29, 1.82) is 0 Å². The second-order valence-corrected chi connectivity index (χ2v) is 4.90. The summed E-state index contributed by atoms with van der Waals surface area (Å²) in [5, 5.41) is 3.49. The number of halogens is 2. The number of hydrogen-bond donors (Lipinski definition) is 2. The Hall–Kier alpha value is -0.580. The molecule has 1 aromatic rings. The Bertz CT molecular complexity index is 360. The Labute approximate surface area is 121 Å². The van der Waals surface area contributed by atoms with E-state index in [4.69, 9.17) is 5.73 Å². The molecule has 0 radical (unpaired) electrons. The molecule has 1 aromatic heterocycles. The smallest absolute Gasteiger partial charge is 0.133 e. The molecule has 104 valence electrons. The van der Waals surface area contributed by atoms with Crippen molar-refractivity contribution in [2.45, 2.75) is 51.1 Å². The predicted molar refractivity (Wildman–Crippen MR) is 79.9 cm³/mol. The first-order chi connectivity index (χ1) is 7.66. The molecule has 2 atom stereocenters. The number of hydrogen-bond acceptors (Lipinski definition) is 4. The van der Waals surface area contributed by atoms with Gasteiger partial charge in [-0.15, -0.1) is 24.8 Å². The van der Waals surface area contributed by atoms with Gasteiger partial charge in [0.15, 0.2) is 0 Å².